The minimum atomic E-state index is -2.30. The molecule has 1 aromatic heterocycles. The Balaban J connectivity index is 1.25. The number of rotatable bonds is 8. The first-order chi connectivity index (χ1) is 30.3. The number of methoxy groups -OCH3 is 3. The second kappa shape index (κ2) is 15.1. The molecule has 5 aliphatic heterocycles. The summed E-state index contributed by atoms with van der Waals surface area (Å²) in [7, 11) is 6.25. The summed E-state index contributed by atoms with van der Waals surface area (Å²) in [6.07, 6.45) is 9.39. The van der Waals surface area contributed by atoms with Crippen molar-refractivity contribution in [2.24, 2.45) is 17.3 Å². The summed E-state index contributed by atoms with van der Waals surface area (Å²) in [5.41, 5.74) is -1.55. The number of likely N-dealkylation sites (N-methyl/N-ethyl adjacent to an activating group) is 1. The maximum Gasteiger partial charge on any atom is 0.344 e. The first kappa shape index (κ1) is 42.5. The number of H-pyrrole nitrogens is 1. The second-order valence-corrected chi connectivity index (χ2v) is 20.0. The number of benzene rings is 2. The SMILES string of the molecule is CC[C@]1(O)CC2CN(CCc3c([nH]c4ccccc34)[C@](C(=O)OC)(c3cc4c(cc3OC)N(C)C3C45CCN4CC=C[C@](CC)(C45)[C@@H](OC(=O)C4CCCC4)[C@]3(O)C(=O)OC)C2)C1. The molecule has 13 heteroatoms. The van der Waals surface area contributed by atoms with E-state index in [0.29, 0.717) is 95.4 Å². The van der Waals surface area contributed by atoms with Crippen molar-refractivity contribution in [3.8, 4) is 5.75 Å². The maximum absolute atomic E-state index is 15.4. The highest BCUT2D eigenvalue weighted by atomic mass is 16.6. The summed E-state index contributed by atoms with van der Waals surface area (Å²) in [4.78, 5) is 54.9. The van der Waals surface area contributed by atoms with Crippen LogP contribution in [-0.4, -0.2) is 133 Å². The van der Waals surface area contributed by atoms with Gasteiger partial charge in [0.05, 0.1) is 38.9 Å². The van der Waals surface area contributed by atoms with E-state index in [1.54, 1.807) is 7.11 Å². The van der Waals surface area contributed by atoms with E-state index >= 15 is 4.79 Å². The largest absolute Gasteiger partial charge is 0.496 e. The van der Waals surface area contributed by atoms with Gasteiger partial charge < -0.3 is 39.0 Å². The third-order valence-corrected chi connectivity index (χ3v) is 17.2. The molecule has 0 amide bonds. The van der Waals surface area contributed by atoms with Crippen LogP contribution in [0, 0.1) is 17.3 Å². The fourth-order valence-electron chi connectivity index (χ4n) is 14.7. The van der Waals surface area contributed by atoms with Crippen LogP contribution in [0.2, 0.25) is 0 Å². The number of fused-ring (bicyclic) bond motifs is 6. The molecular formula is C50H64N4O9. The van der Waals surface area contributed by atoms with Crippen molar-refractivity contribution in [2.75, 3.05) is 66.0 Å². The van der Waals surface area contributed by atoms with Crippen LogP contribution < -0.4 is 9.64 Å². The van der Waals surface area contributed by atoms with E-state index in [-0.39, 0.29) is 23.8 Å². The van der Waals surface area contributed by atoms with Gasteiger partial charge in [-0.15, -0.1) is 0 Å². The number of ether oxygens (including phenoxy) is 4. The summed E-state index contributed by atoms with van der Waals surface area (Å²) in [5.74, 6) is -1.59. The fraction of sp³-hybridized carbons (Fsp3) is 0.620. The molecule has 0 radical (unpaired) electrons. The van der Waals surface area contributed by atoms with Gasteiger partial charge in [-0.05, 0) is 87.1 Å². The Bertz CT molecular complexity index is 2380. The molecular weight excluding hydrogens is 801 g/mol. The van der Waals surface area contributed by atoms with Gasteiger partial charge in [-0.25, -0.2) is 4.79 Å². The zero-order valence-electron chi connectivity index (χ0n) is 37.7. The Morgan fingerprint density at radius 1 is 0.921 bits per heavy atom. The van der Waals surface area contributed by atoms with Gasteiger partial charge in [0.25, 0.3) is 0 Å². The number of carbonyl (C=O) groups excluding carboxylic acids is 3. The number of nitrogens with zero attached hydrogens (tertiary/aromatic N) is 3. The molecule has 4 fully saturated rings. The average Bonchev–Trinajstić information content (AvgIpc) is 4.11. The number of anilines is 1. The highest BCUT2D eigenvalue weighted by Crippen LogP contribution is 2.68. The Hall–Kier alpha value is -4.43. The third kappa shape index (κ3) is 5.70. The highest BCUT2D eigenvalue weighted by Gasteiger charge is 2.80. The minimum Gasteiger partial charge on any atom is -0.496 e. The standard InChI is InChI=1S/C50H64N4O9/c1-7-46(58)26-30-27-49(44(56)61-5,39-33(18-22-53(28-30)29-46)32-16-11-12-17-36(32)51-39)35-24-34-37(25-38(35)60-4)52(3)42-48(34)20-23-54-21-13-19-47(8-2,41(48)54)43(50(42,59)45(57)62-6)63-40(55)31-14-9-10-15-31/h11-13,16-17,19,24-25,30-31,41-43,51,58-59H,7-10,14-15,18,20-23,26-29H2,1-6H3/t30?,41?,42?,43-,46+,47-,48?,49-,50+/m1/s1. The van der Waals surface area contributed by atoms with E-state index in [9.17, 15) is 19.8 Å². The Morgan fingerprint density at radius 3 is 2.40 bits per heavy atom. The number of hydrogen-bond donors (Lipinski definition) is 3. The van der Waals surface area contributed by atoms with E-state index in [2.05, 4.69) is 46.0 Å². The lowest BCUT2D eigenvalue weighted by molar-refractivity contribution is -0.231. The lowest BCUT2D eigenvalue weighted by Crippen LogP contribution is -2.81. The van der Waals surface area contributed by atoms with Gasteiger partial charge in [0.15, 0.2) is 6.10 Å². The number of aromatic amines is 1. The first-order valence-corrected chi connectivity index (χ1v) is 23.3. The monoisotopic (exact) mass is 864 g/mol. The molecule has 2 aliphatic carbocycles. The third-order valence-electron chi connectivity index (χ3n) is 17.2. The number of hydrogen-bond acceptors (Lipinski definition) is 12. The molecule has 6 heterocycles. The normalized spacial score (nSPS) is 37.0. The van der Waals surface area contributed by atoms with Crippen LogP contribution >= 0.6 is 0 Å². The van der Waals surface area contributed by atoms with Gasteiger partial charge in [0, 0.05) is 84.0 Å². The molecule has 338 valence electrons. The van der Waals surface area contributed by atoms with Crippen molar-refractivity contribution in [1.82, 2.24) is 14.8 Å². The summed E-state index contributed by atoms with van der Waals surface area (Å²) in [5, 5.41) is 26.7. The summed E-state index contributed by atoms with van der Waals surface area (Å²) in [6, 6.07) is 11.1. The number of esters is 3. The van der Waals surface area contributed by atoms with Gasteiger partial charge in [-0.3, -0.25) is 19.4 Å². The molecule has 5 unspecified atom stereocenters. The molecule has 2 saturated carbocycles. The van der Waals surface area contributed by atoms with Crippen molar-refractivity contribution in [1.29, 1.82) is 0 Å². The Labute approximate surface area is 370 Å². The molecule has 13 nitrogen and oxygen atoms in total. The van der Waals surface area contributed by atoms with E-state index in [1.807, 2.05) is 43.1 Å². The van der Waals surface area contributed by atoms with E-state index < -0.39 is 51.5 Å². The zero-order chi connectivity index (χ0) is 44.3. The predicted octanol–water partition coefficient (Wildman–Crippen LogP) is 5.16. The van der Waals surface area contributed by atoms with Gasteiger partial charge in [-0.2, -0.15) is 0 Å². The molecule has 63 heavy (non-hydrogen) atoms. The van der Waals surface area contributed by atoms with Crippen molar-refractivity contribution < 1.29 is 43.5 Å². The molecule has 2 saturated heterocycles. The van der Waals surface area contributed by atoms with Gasteiger partial charge in [0.1, 0.15) is 11.2 Å². The van der Waals surface area contributed by atoms with Crippen LogP contribution in [0.3, 0.4) is 0 Å². The van der Waals surface area contributed by atoms with E-state index in [1.165, 1.54) is 14.2 Å². The molecule has 10 atom stereocenters. The number of piperidine rings is 1. The average molecular weight is 865 g/mol. The van der Waals surface area contributed by atoms with Crippen molar-refractivity contribution >= 4 is 34.5 Å². The Kier molecular flexibility index (Phi) is 10.2. The summed E-state index contributed by atoms with van der Waals surface area (Å²) >= 11 is 0. The van der Waals surface area contributed by atoms with E-state index in [0.717, 1.165) is 46.3 Å². The van der Waals surface area contributed by atoms with Crippen molar-refractivity contribution in [2.45, 2.75) is 118 Å². The van der Waals surface area contributed by atoms with Gasteiger partial charge in [0.2, 0.25) is 5.60 Å². The quantitative estimate of drug-likeness (QED) is 0.156. The van der Waals surface area contributed by atoms with Crippen LogP contribution in [-0.2, 0) is 45.8 Å². The molecule has 7 aliphatic rings. The number of para-hydroxylation sites is 1. The lowest BCUT2D eigenvalue weighted by Gasteiger charge is -2.63. The molecule has 2 aromatic carbocycles. The smallest absolute Gasteiger partial charge is 0.344 e. The maximum atomic E-state index is 15.4. The van der Waals surface area contributed by atoms with Crippen LogP contribution in [0.5, 0.6) is 5.75 Å². The number of aliphatic hydroxyl groups is 2. The van der Waals surface area contributed by atoms with Crippen LogP contribution in [0.25, 0.3) is 10.9 Å². The molecule has 3 aromatic rings. The second-order valence-electron chi connectivity index (χ2n) is 20.0. The zero-order valence-corrected chi connectivity index (χ0v) is 37.7. The fourth-order valence-corrected chi connectivity index (χ4v) is 14.7. The summed E-state index contributed by atoms with van der Waals surface area (Å²) in [6.45, 7) is 7.40. The number of aromatic nitrogens is 1. The Morgan fingerprint density at radius 2 is 1.68 bits per heavy atom. The van der Waals surface area contributed by atoms with Gasteiger partial charge >= 0.3 is 17.9 Å². The predicted molar refractivity (Wildman–Crippen MR) is 237 cm³/mol. The van der Waals surface area contributed by atoms with Gasteiger partial charge in [-0.1, -0.05) is 57.0 Å². The molecule has 2 bridgehead atoms. The highest BCUT2D eigenvalue weighted by molar-refractivity contribution is 5.95. The molecule has 1 spiro atoms. The van der Waals surface area contributed by atoms with Crippen LogP contribution in [0.15, 0.2) is 48.6 Å². The first-order valence-electron chi connectivity index (χ1n) is 23.3. The van der Waals surface area contributed by atoms with Crippen molar-refractivity contribution in [3.63, 3.8) is 0 Å². The van der Waals surface area contributed by atoms with Crippen LogP contribution in [0.1, 0.15) is 94.0 Å². The molecule has 10 rings (SSSR count). The minimum absolute atomic E-state index is 0.0979. The number of carbonyl (C=O) groups is 3. The number of nitrogens with one attached hydrogen (secondary N) is 1. The van der Waals surface area contributed by atoms with Crippen LogP contribution in [0.4, 0.5) is 5.69 Å². The topological polar surface area (TPSA) is 154 Å². The summed E-state index contributed by atoms with van der Waals surface area (Å²) < 4.78 is 24.6. The lowest BCUT2D eigenvalue weighted by atomic mass is 9.47. The van der Waals surface area contributed by atoms with Crippen molar-refractivity contribution in [3.05, 3.63) is 70.9 Å². The molecule has 3 N–H and O–H groups in total. The van der Waals surface area contributed by atoms with E-state index in [4.69, 9.17) is 18.9 Å².